The Bertz CT molecular complexity index is 647. The van der Waals surface area contributed by atoms with Crippen molar-refractivity contribution in [1.82, 2.24) is 5.32 Å². The maximum atomic E-state index is 13.5. The minimum atomic E-state index is -0.603. The number of halogens is 2. The van der Waals surface area contributed by atoms with E-state index in [4.69, 9.17) is 0 Å². The summed E-state index contributed by atoms with van der Waals surface area (Å²) in [4.78, 5) is 0. The molecular weight excluding hydrogens is 258 g/mol. The van der Waals surface area contributed by atoms with Crippen LogP contribution in [-0.2, 0) is 6.54 Å². The van der Waals surface area contributed by atoms with E-state index in [0.29, 0.717) is 16.7 Å². The highest BCUT2D eigenvalue weighted by Gasteiger charge is 2.12. The highest BCUT2D eigenvalue weighted by atomic mass is 19.1. The summed E-state index contributed by atoms with van der Waals surface area (Å²) in [6, 6.07) is 12.4. The molecule has 0 amide bonds. The molecular formula is C16H14F2N2. The lowest BCUT2D eigenvalue weighted by Crippen LogP contribution is -2.20. The summed E-state index contributed by atoms with van der Waals surface area (Å²) in [5.41, 5.74) is 1.64. The van der Waals surface area contributed by atoms with Gasteiger partial charge >= 0.3 is 0 Å². The predicted octanol–water partition coefficient (Wildman–Crippen LogP) is 3.63. The summed E-state index contributed by atoms with van der Waals surface area (Å²) in [5, 5.41) is 12.2. The highest BCUT2D eigenvalue weighted by molar-refractivity contribution is 5.30. The van der Waals surface area contributed by atoms with Gasteiger partial charge < -0.3 is 0 Å². The van der Waals surface area contributed by atoms with Gasteiger partial charge in [0.1, 0.15) is 17.7 Å². The minimum absolute atomic E-state index is 0.237. The number of benzene rings is 2. The second kappa shape index (κ2) is 6.27. The van der Waals surface area contributed by atoms with E-state index < -0.39 is 6.04 Å². The normalized spacial score (nSPS) is 11.9. The lowest BCUT2D eigenvalue weighted by atomic mass is 10.0. The van der Waals surface area contributed by atoms with Gasteiger partial charge in [-0.25, -0.2) is 8.78 Å². The molecule has 4 heteroatoms. The molecule has 1 atom stereocenters. The van der Waals surface area contributed by atoms with Gasteiger partial charge in [0, 0.05) is 12.1 Å². The first-order valence-electron chi connectivity index (χ1n) is 6.24. The van der Waals surface area contributed by atoms with Gasteiger partial charge in [0.05, 0.1) is 6.07 Å². The van der Waals surface area contributed by atoms with Gasteiger partial charge in [-0.15, -0.1) is 0 Å². The zero-order valence-electron chi connectivity index (χ0n) is 11.0. The molecule has 0 spiro atoms. The van der Waals surface area contributed by atoms with Crippen molar-refractivity contribution in [3.8, 4) is 6.07 Å². The smallest absolute Gasteiger partial charge is 0.127 e. The lowest BCUT2D eigenvalue weighted by molar-refractivity contribution is 0.570. The zero-order chi connectivity index (χ0) is 14.5. The molecule has 0 saturated carbocycles. The Balaban J connectivity index is 2.12. The molecule has 0 bridgehead atoms. The van der Waals surface area contributed by atoms with Crippen LogP contribution in [0.25, 0.3) is 0 Å². The van der Waals surface area contributed by atoms with Gasteiger partial charge in [-0.3, -0.25) is 5.32 Å². The van der Waals surface area contributed by atoms with E-state index in [1.54, 1.807) is 37.3 Å². The number of nitrogens with one attached hydrogen (secondary N) is 1. The Morgan fingerprint density at radius 1 is 1.15 bits per heavy atom. The van der Waals surface area contributed by atoms with Crippen molar-refractivity contribution in [3.05, 3.63) is 70.8 Å². The minimum Gasteiger partial charge on any atom is -0.294 e. The third kappa shape index (κ3) is 3.19. The summed E-state index contributed by atoms with van der Waals surface area (Å²) in [6.45, 7) is 1.88. The zero-order valence-corrected chi connectivity index (χ0v) is 11.0. The molecule has 102 valence electrons. The van der Waals surface area contributed by atoms with Crippen molar-refractivity contribution in [1.29, 1.82) is 5.26 Å². The van der Waals surface area contributed by atoms with Gasteiger partial charge in [-0.1, -0.05) is 30.3 Å². The van der Waals surface area contributed by atoms with Crippen molar-refractivity contribution in [2.24, 2.45) is 0 Å². The monoisotopic (exact) mass is 272 g/mol. The molecule has 2 aromatic rings. The van der Waals surface area contributed by atoms with Gasteiger partial charge in [-0.05, 0) is 30.2 Å². The number of nitrogens with zero attached hydrogens (tertiary/aromatic N) is 1. The fourth-order valence-corrected chi connectivity index (χ4v) is 1.94. The molecule has 0 aliphatic carbocycles. The average molecular weight is 272 g/mol. The maximum Gasteiger partial charge on any atom is 0.127 e. The van der Waals surface area contributed by atoms with Crippen molar-refractivity contribution in [2.45, 2.75) is 19.5 Å². The van der Waals surface area contributed by atoms with Crippen molar-refractivity contribution in [2.75, 3.05) is 0 Å². The lowest BCUT2D eigenvalue weighted by Gasteiger charge is -2.13. The molecule has 1 N–H and O–H groups in total. The maximum absolute atomic E-state index is 13.5. The Morgan fingerprint density at radius 2 is 1.90 bits per heavy atom. The van der Waals surface area contributed by atoms with E-state index in [2.05, 4.69) is 11.4 Å². The largest absolute Gasteiger partial charge is 0.294 e. The topological polar surface area (TPSA) is 35.8 Å². The van der Waals surface area contributed by atoms with Crippen LogP contribution in [0.4, 0.5) is 8.78 Å². The molecule has 0 saturated heterocycles. The molecule has 0 aliphatic heterocycles. The van der Waals surface area contributed by atoms with Crippen molar-refractivity contribution >= 4 is 0 Å². The van der Waals surface area contributed by atoms with Crippen molar-refractivity contribution in [3.63, 3.8) is 0 Å². The van der Waals surface area contributed by atoms with Crippen LogP contribution in [0.5, 0.6) is 0 Å². The molecule has 0 heterocycles. The van der Waals surface area contributed by atoms with Gasteiger partial charge in [0.25, 0.3) is 0 Å². The number of rotatable bonds is 4. The van der Waals surface area contributed by atoms with Gasteiger partial charge in [0.15, 0.2) is 0 Å². The molecule has 0 fully saturated rings. The molecule has 20 heavy (non-hydrogen) atoms. The van der Waals surface area contributed by atoms with Crippen LogP contribution in [0.15, 0.2) is 42.5 Å². The van der Waals surface area contributed by atoms with E-state index >= 15 is 0 Å². The number of aryl methyl sites for hydroxylation is 1. The Hall–Kier alpha value is -2.25. The van der Waals surface area contributed by atoms with Crippen LogP contribution in [0.2, 0.25) is 0 Å². The SMILES string of the molecule is Cc1cc(C(C#N)NCc2ccccc2F)ccc1F. The molecule has 0 radical (unpaired) electrons. The number of nitriles is 1. The first-order chi connectivity index (χ1) is 9.61. The summed E-state index contributed by atoms with van der Waals surface area (Å²) in [6.07, 6.45) is 0. The molecule has 0 aliphatic rings. The van der Waals surface area contributed by atoms with Crippen LogP contribution < -0.4 is 5.32 Å². The van der Waals surface area contributed by atoms with Crippen LogP contribution in [0, 0.1) is 29.9 Å². The predicted molar refractivity (Wildman–Crippen MR) is 72.7 cm³/mol. The van der Waals surface area contributed by atoms with Crippen molar-refractivity contribution < 1.29 is 8.78 Å². The Kier molecular flexibility index (Phi) is 4.44. The number of hydrogen-bond donors (Lipinski definition) is 1. The number of hydrogen-bond acceptors (Lipinski definition) is 2. The Labute approximate surface area is 116 Å². The first-order valence-corrected chi connectivity index (χ1v) is 6.24. The second-order valence-electron chi connectivity index (χ2n) is 4.54. The fourth-order valence-electron chi connectivity index (χ4n) is 1.94. The summed E-state index contributed by atoms with van der Waals surface area (Å²) >= 11 is 0. The molecule has 2 rings (SSSR count). The quantitative estimate of drug-likeness (QED) is 0.922. The fraction of sp³-hybridized carbons (Fsp3) is 0.188. The van der Waals surface area contributed by atoms with Crippen LogP contribution in [0.3, 0.4) is 0 Å². The van der Waals surface area contributed by atoms with E-state index in [1.165, 1.54) is 12.1 Å². The average Bonchev–Trinajstić information content (AvgIpc) is 2.45. The first kappa shape index (κ1) is 14.2. The van der Waals surface area contributed by atoms with Crippen LogP contribution in [-0.4, -0.2) is 0 Å². The van der Waals surface area contributed by atoms with Gasteiger partial charge in [0.2, 0.25) is 0 Å². The molecule has 2 aromatic carbocycles. The third-order valence-electron chi connectivity index (χ3n) is 3.10. The summed E-state index contributed by atoms with van der Waals surface area (Å²) in [7, 11) is 0. The van der Waals surface area contributed by atoms with E-state index in [9.17, 15) is 14.0 Å². The summed E-state index contributed by atoms with van der Waals surface area (Å²) in [5.74, 6) is -0.619. The van der Waals surface area contributed by atoms with Gasteiger partial charge in [-0.2, -0.15) is 5.26 Å². The summed E-state index contributed by atoms with van der Waals surface area (Å²) < 4.78 is 26.7. The molecule has 1 unspecified atom stereocenters. The molecule has 0 aromatic heterocycles. The highest BCUT2D eigenvalue weighted by Crippen LogP contribution is 2.17. The standard InChI is InChI=1S/C16H14F2N2/c1-11-8-12(6-7-14(11)17)16(9-19)20-10-13-4-2-3-5-15(13)18/h2-8,16,20H,10H2,1H3. The van der Waals surface area contributed by atoms with E-state index in [1.807, 2.05) is 0 Å². The second-order valence-corrected chi connectivity index (χ2v) is 4.54. The Morgan fingerprint density at radius 3 is 2.55 bits per heavy atom. The molecule has 2 nitrogen and oxygen atoms in total. The third-order valence-corrected chi connectivity index (χ3v) is 3.10. The van der Waals surface area contributed by atoms with E-state index in [0.717, 1.165) is 0 Å². The van der Waals surface area contributed by atoms with E-state index in [-0.39, 0.29) is 18.2 Å². The van der Waals surface area contributed by atoms with Crippen LogP contribution in [0.1, 0.15) is 22.7 Å². The van der Waals surface area contributed by atoms with Crippen LogP contribution >= 0.6 is 0 Å².